The number of hydrogen-bond acceptors (Lipinski definition) is 2. The van der Waals surface area contributed by atoms with Gasteiger partial charge in [0.2, 0.25) is 0 Å². The van der Waals surface area contributed by atoms with Gasteiger partial charge in [-0.1, -0.05) is 18.2 Å². The summed E-state index contributed by atoms with van der Waals surface area (Å²) in [7, 11) is 0. The van der Waals surface area contributed by atoms with E-state index in [2.05, 4.69) is 10.9 Å². The molecule has 0 unspecified atom stereocenters. The first-order chi connectivity index (χ1) is 10.8. The van der Waals surface area contributed by atoms with Gasteiger partial charge < -0.3 is 0 Å². The van der Waals surface area contributed by atoms with Gasteiger partial charge in [0, 0.05) is 11.1 Å². The molecule has 120 valence electrons. The molecule has 2 aromatic rings. The van der Waals surface area contributed by atoms with Crippen molar-refractivity contribution in [1.82, 2.24) is 10.9 Å². The molecular weight excluding hydrogens is 309 g/mol. The first-order valence-corrected chi connectivity index (χ1v) is 6.62. The number of halogens is 3. The second-order valence-corrected chi connectivity index (χ2v) is 4.80. The molecule has 2 aromatic carbocycles. The van der Waals surface area contributed by atoms with Crippen LogP contribution in [0.5, 0.6) is 0 Å². The summed E-state index contributed by atoms with van der Waals surface area (Å²) in [4.78, 5) is 23.7. The van der Waals surface area contributed by atoms with Crippen LogP contribution in [-0.2, 0) is 6.18 Å². The van der Waals surface area contributed by atoms with Crippen LogP contribution in [0, 0.1) is 6.92 Å². The zero-order chi connectivity index (χ0) is 17.0. The molecule has 4 nitrogen and oxygen atoms in total. The Labute approximate surface area is 130 Å². The van der Waals surface area contributed by atoms with Crippen molar-refractivity contribution in [3.05, 3.63) is 70.8 Å². The van der Waals surface area contributed by atoms with Gasteiger partial charge >= 0.3 is 6.18 Å². The number of alkyl halides is 3. The SMILES string of the molecule is Cc1ccccc1C(=O)NNC(=O)c1ccc(C(F)(F)F)cc1. The largest absolute Gasteiger partial charge is 0.416 e. The van der Waals surface area contributed by atoms with Crippen molar-refractivity contribution >= 4 is 11.8 Å². The molecule has 0 fully saturated rings. The lowest BCUT2D eigenvalue weighted by Gasteiger charge is -2.10. The van der Waals surface area contributed by atoms with Crippen LogP contribution >= 0.6 is 0 Å². The quantitative estimate of drug-likeness (QED) is 0.835. The third-order valence-electron chi connectivity index (χ3n) is 3.15. The Morgan fingerprint density at radius 2 is 1.43 bits per heavy atom. The van der Waals surface area contributed by atoms with Gasteiger partial charge in [-0.2, -0.15) is 13.2 Å². The highest BCUT2D eigenvalue weighted by Crippen LogP contribution is 2.29. The summed E-state index contributed by atoms with van der Waals surface area (Å²) in [5.41, 5.74) is 4.66. The normalized spacial score (nSPS) is 11.0. The standard InChI is InChI=1S/C16H13F3N2O2/c1-10-4-2-3-5-13(10)15(23)21-20-14(22)11-6-8-12(9-7-11)16(17,18)19/h2-9H,1H3,(H,20,22)(H,21,23). The van der Waals surface area contributed by atoms with E-state index < -0.39 is 23.6 Å². The average molecular weight is 322 g/mol. The molecule has 0 saturated heterocycles. The minimum Gasteiger partial charge on any atom is -0.267 e. The molecule has 0 aromatic heterocycles. The molecule has 23 heavy (non-hydrogen) atoms. The fourth-order valence-electron chi connectivity index (χ4n) is 1.89. The Hall–Kier alpha value is -2.83. The van der Waals surface area contributed by atoms with E-state index in [0.717, 1.165) is 29.8 Å². The average Bonchev–Trinajstić information content (AvgIpc) is 2.52. The number of rotatable bonds is 2. The van der Waals surface area contributed by atoms with E-state index in [1.54, 1.807) is 31.2 Å². The lowest BCUT2D eigenvalue weighted by atomic mass is 10.1. The zero-order valence-electron chi connectivity index (χ0n) is 12.1. The van der Waals surface area contributed by atoms with Crippen molar-refractivity contribution < 1.29 is 22.8 Å². The Balaban J connectivity index is 2.00. The van der Waals surface area contributed by atoms with Crippen LogP contribution in [-0.4, -0.2) is 11.8 Å². The molecule has 0 atom stereocenters. The third-order valence-corrected chi connectivity index (χ3v) is 3.15. The molecule has 2 rings (SSSR count). The number of carbonyl (C=O) groups excluding carboxylic acids is 2. The fraction of sp³-hybridized carbons (Fsp3) is 0.125. The molecule has 0 spiro atoms. The van der Waals surface area contributed by atoms with Crippen molar-refractivity contribution in [3.8, 4) is 0 Å². The Morgan fingerprint density at radius 3 is 2.00 bits per heavy atom. The highest BCUT2D eigenvalue weighted by atomic mass is 19.4. The van der Waals surface area contributed by atoms with Gasteiger partial charge in [-0.15, -0.1) is 0 Å². The maximum atomic E-state index is 12.4. The maximum Gasteiger partial charge on any atom is 0.416 e. The number of benzene rings is 2. The fourth-order valence-corrected chi connectivity index (χ4v) is 1.89. The molecule has 2 N–H and O–H groups in total. The maximum absolute atomic E-state index is 12.4. The van der Waals surface area contributed by atoms with Gasteiger partial charge in [0.15, 0.2) is 0 Å². The molecule has 2 amide bonds. The molecule has 0 aliphatic carbocycles. The third kappa shape index (κ3) is 4.09. The van der Waals surface area contributed by atoms with Crippen LogP contribution in [0.4, 0.5) is 13.2 Å². The van der Waals surface area contributed by atoms with Gasteiger partial charge in [-0.05, 0) is 42.8 Å². The summed E-state index contributed by atoms with van der Waals surface area (Å²) in [5.74, 6) is -1.22. The summed E-state index contributed by atoms with van der Waals surface area (Å²) in [5, 5.41) is 0. The molecule has 0 aliphatic heterocycles. The van der Waals surface area contributed by atoms with Crippen molar-refractivity contribution in [1.29, 1.82) is 0 Å². The van der Waals surface area contributed by atoms with Crippen LogP contribution < -0.4 is 10.9 Å². The number of hydrogen-bond donors (Lipinski definition) is 2. The Bertz CT molecular complexity index is 725. The van der Waals surface area contributed by atoms with E-state index in [1.807, 2.05) is 0 Å². The van der Waals surface area contributed by atoms with Crippen LogP contribution in [0.25, 0.3) is 0 Å². The van der Waals surface area contributed by atoms with E-state index in [9.17, 15) is 22.8 Å². The van der Waals surface area contributed by atoms with Gasteiger partial charge in [0.25, 0.3) is 11.8 Å². The second kappa shape index (κ2) is 6.51. The van der Waals surface area contributed by atoms with Crippen LogP contribution in [0.3, 0.4) is 0 Å². The van der Waals surface area contributed by atoms with E-state index >= 15 is 0 Å². The minimum absolute atomic E-state index is 0.00286. The Kier molecular flexibility index (Phi) is 4.68. The number of nitrogens with one attached hydrogen (secondary N) is 2. The topological polar surface area (TPSA) is 58.2 Å². The van der Waals surface area contributed by atoms with Crippen molar-refractivity contribution in [2.75, 3.05) is 0 Å². The first-order valence-electron chi connectivity index (χ1n) is 6.62. The highest BCUT2D eigenvalue weighted by Gasteiger charge is 2.30. The van der Waals surface area contributed by atoms with Crippen LogP contribution in [0.2, 0.25) is 0 Å². The second-order valence-electron chi connectivity index (χ2n) is 4.80. The van der Waals surface area contributed by atoms with E-state index in [4.69, 9.17) is 0 Å². The van der Waals surface area contributed by atoms with Crippen molar-refractivity contribution in [3.63, 3.8) is 0 Å². The summed E-state index contributed by atoms with van der Waals surface area (Å²) >= 11 is 0. The Morgan fingerprint density at radius 1 is 0.870 bits per heavy atom. The predicted octanol–water partition coefficient (Wildman–Crippen LogP) is 3.09. The summed E-state index contributed by atoms with van der Waals surface area (Å²) in [6, 6.07) is 10.5. The van der Waals surface area contributed by atoms with Gasteiger partial charge in [0.1, 0.15) is 0 Å². The first kappa shape index (κ1) is 16.5. The van der Waals surface area contributed by atoms with Gasteiger partial charge in [0.05, 0.1) is 5.56 Å². The lowest BCUT2D eigenvalue weighted by Crippen LogP contribution is -2.41. The number of carbonyl (C=O) groups is 2. The van der Waals surface area contributed by atoms with Gasteiger partial charge in [-0.25, -0.2) is 0 Å². The summed E-state index contributed by atoms with van der Waals surface area (Å²) < 4.78 is 37.3. The van der Waals surface area contributed by atoms with Crippen molar-refractivity contribution in [2.24, 2.45) is 0 Å². The van der Waals surface area contributed by atoms with E-state index in [0.29, 0.717) is 5.56 Å². The number of amides is 2. The molecule has 7 heteroatoms. The van der Waals surface area contributed by atoms with E-state index in [1.165, 1.54) is 0 Å². The summed E-state index contributed by atoms with van der Waals surface area (Å²) in [6.07, 6.45) is -4.46. The number of aryl methyl sites for hydroxylation is 1. The molecule has 0 bridgehead atoms. The number of hydrazine groups is 1. The lowest BCUT2D eigenvalue weighted by molar-refractivity contribution is -0.137. The molecule has 0 saturated carbocycles. The highest BCUT2D eigenvalue weighted by molar-refractivity contribution is 5.99. The molecule has 0 heterocycles. The predicted molar refractivity (Wildman–Crippen MR) is 77.6 cm³/mol. The smallest absolute Gasteiger partial charge is 0.267 e. The van der Waals surface area contributed by atoms with E-state index in [-0.39, 0.29) is 5.56 Å². The van der Waals surface area contributed by atoms with Gasteiger partial charge in [-0.3, -0.25) is 20.4 Å². The summed E-state index contributed by atoms with van der Waals surface area (Å²) in [6.45, 7) is 1.74. The molecular formula is C16H13F3N2O2. The minimum atomic E-state index is -4.46. The van der Waals surface area contributed by atoms with Crippen molar-refractivity contribution in [2.45, 2.75) is 13.1 Å². The van der Waals surface area contributed by atoms with Crippen LogP contribution in [0.15, 0.2) is 48.5 Å². The monoisotopic (exact) mass is 322 g/mol. The molecule has 0 radical (unpaired) electrons. The van der Waals surface area contributed by atoms with Crippen LogP contribution in [0.1, 0.15) is 31.8 Å². The zero-order valence-corrected chi connectivity index (χ0v) is 12.1. The molecule has 0 aliphatic rings.